The minimum atomic E-state index is 0.392. The molecule has 0 saturated heterocycles. The Morgan fingerprint density at radius 3 is 2.65 bits per heavy atom. The average Bonchev–Trinajstić information content (AvgIpc) is 3.24. The zero-order valence-electron chi connectivity index (χ0n) is 15.1. The van der Waals surface area contributed by atoms with Gasteiger partial charge in [0.15, 0.2) is 0 Å². The Balaban J connectivity index is 1.30. The number of anilines is 1. The van der Waals surface area contributed by atoms with Gasteiger partial charge in [0, 0.05) is 37.3 Å². The lowest BCUT2D eigenvalue weighted by Crippen LogP contribution is -2.21. The van der Waals surface area contributed by atoms with E-state index in [-0.39, 0.29) is 0 Å². The fraction of sp³-hybridized carbons (Fsp3) is 0.476. The van der Waals surface area contributed by atoms with Gasteiger partial charge in [-0.05, 0) is 43.4 Å². The zero-order chi connectivity index (χ0) is 17.8. The Hall–Kier alpha value is -2.45. The van der Waals surface area contributed by atoms with Gasteiger partial charge in [0.2, 0.25) is 5.95 Å². The largest absolute Gasteiger partial charge is 0.351 e. The van der Waals surface area contributed by atoms with E-state index in [9.17, 15) is 0 Å². The second-order valence-electron chi connectivity index (χ2n) is 7.36. The van der Waals surface area contributed by atoms with Crippen LogP contribution in [0.5, 0.6) is 0 Å². The number of benzene rings is 1. The van der Waals surface area contributed by atoms with Gasteiger partial charge in [-0.1, -0.05) is 30.7 Å². The number of nitrogens with zero attached hydrogens (tertiary/aromatic N) is 4. The van der Waals surface area contributed by atoms with Crippen molar-refractivity contribution >= 4 is 5.95 Å². The van der Waals surface area contributed by atoms with Crippen molar-refractivity contribution in [3.63, 3.8) is 0 Å². The number of unbranched alkanes of at least 4 members (excludes halogenated alkanes) is 3. The third-order valence-corrected chi connectivity index (χ3v) is 5.37. The Morgan fingerprint density at radius 1 is 1.08 bits per heavy atom. The van der Waals surface area contributed by atoms with E-state index >= 15 is 0 Å². The van der Waals surface area contributed by atoms with Gasteiger partial charge in [-0.3, -0.25) is 4.90 Å². The topological polar surface area (TPSA) is 64.8 Å². The minimum Gasteiger partial charge on any atom is -0.351 e. The Labute approximate surface area is 155 Å². The molecule has 0 atom stereocenters. The zero-order valence-corrected chi connectivity index (χ0v) is 15.1. The first kappa shape index (κ1) is 17.0. The van der Waals surface area contributed by atoms with Crippen LogP contribution in [0.2, 0.25) is 0 Å². The van der Waals surface area contributed by atoms with Crippen LogP contribution in [0.1, 0.15) is 48.1 Å². The molecule has 0 bridgehead atoms. The number of fused-ring (bicyclic) bond motifs is 2. The monoisotopic (exact) mass is 347 g/mol. The molecule has 5 heteroatoms. The van der Waals surface area contributed by atoms with Crippen molar-refractivity contribution in [1.29, 1.82) is 5.26 Å². The minimum absolute atomic E-state index is 0.392. The molecule has 1 aliphatic carbocycles. The van der Waals surface area contributed by atoms with Gasteiger partial charge in [0.05, 0.1) is 11.8 Å². The number of aromatic nitrogens is 2. The smallest absolute Gasteiger partial charge is 0.223 e. The molecule has 4 rings (SSSR count). The molecule has 0 unspecified atom stereocenters. The maximum absolute atomic E-state index is 8.59. The summed E-state index contributed by atoms with van der Waals surface area (Å²) in [6.07, 6.45) is 8.04. The fourth-order valence-corrected chi connectivity index (χ4v) is 4.01. The quantitative estimate of drug-likeness (QED) is 0.777. The van der Waals surface area contributed by atoms with Gasteiger partial charge in [0.1, 0.15) is 0 Å². The molecule has 5 nitrogen and oxygen atoms in total. The second kappa shape index (κ2) is 7.84. The molecule has 1 aliphatic heterocycles. The Kier molecular flexibility index (Phi) is 5.12. The fourth-order valence-electron chi connectivity index (χ4n) is 4.01. The lowest BCUT2D eigenvalue weighted by atomic mass is 10.1. The summed E-state index contributed by atoms with van der Waals surface area (Å²) in [6, 6.07) is 11.3. The SMILES string of the molecule is N#CCCCCCN1Cc2cnc(NC3Cc4ccccc4C3)nc2C1. The lowest BCUT2D eigenvalue weighted by Gasteiger charge is -2.13. The van der Waals surface area contributed by atoms with Crippen LogP contribution in [-0.4, -0.2) is 27.5 Å². The van der Waals surface area contributed by atoms with Crippen molar-refractivity contribution in [2.24, 2.45) is 0 Å². The van der Waals surface area contributed by atoms with Crippen molar-refractivity contribution in [2.75, 3.05) is 11.9 Å². The molecular weight excluding hydrogens is 322 g/mol. The molecule has 0 fully saturated rings. The van der Waals surface area contributed by atoms with Gasteiger partial charge >= 0.3 is 0 Å². The highest BCUT2D eigenvalue weighted by Crippen LogP contribution is 2.25. The molecule has 0 amide bonds. The Morgan fingerprint density at radius 2 is 1.88 bits per heavy atom. The van der Waals surface area contributed by atoms with Gasteiger partial charge in [-0.25, -0.2) is 9.97 Å². The van der Waals surface area contributed by atoms with Gasteiger partial charge in [0.25, 0.3) is 0 Å². The van der Waals surface area contributed by atoms with Crippen molar-refractivity contribution in [3.8, 4) is 6.07 Å². The van der Waals surface area contributed by atoms with E-state index in [2.05, 4.69) is 45.5 Å². The van der Waals surface area contributed by atoms with Crippen molar-refractivity contribution in [1.82, 2.24) is 14.9 Å². The van der Waals surface area contributed by atoms with E-state index in [0.29, 0.717) is 12.5 Å². The molecule has 1 aromatic heterocycles. The normalized spacial score (nSPS) is 16.3. The first-order valence-electron chi connectivity index (χ1n) is 9.59. The van der Waals surface area contributed by atoms with Crippen molar-refractivity contribution in [2.45, 2.75) is 57.7 Å². The summed E-state index contributed by atoms with van der Waals surface area (Å²) >= 11 is 0. The molecule has 1 N–H and O–H groups in total. The number of nitriles is 1. The van der Waals surface area contributed by atoms with E-state index < -0.39 is 0 Å². The molecule has 0 spiro atoms. The van der Waals surface area contributed by atoms with Crippen LogP contribution in [0.15, 0.2) is 30.5 Å². The number of rotatable bonds is 7. The molecule has 2 aromatic rings. The summed E-state index contributed by atoms with van der Waals surface area (Å²) in [5.41, 5.74) is 5.29. The van der Waals surface area contributed by atoms with Crippen LogP contribution in [0.3, 0.4) is 0 Å². The van der Waals surface area contributed by atoms with Crippen molar-refractivity contribution < 1.29 is 0 Å². The third-order valence-electron chi connectivity index (χ3n) is 5.37. The lowest BCUT2D eigenvalue weighted by molar-refractivity contribution is 0.275. The van der Waals surface area contributed by atoms with Crippen LogP contribution in [0.25, 0.3) is 0 Å². The van der Waals surface area contributed by atoms with E-state index in [1.54, 1.807) is 0 Å². The first-order chi connectivity index (χ1) is 12.8. The standard InChI is InChI=1S/C21H25N5/c22-9-5-1-2-6-10-26-14-18-13-23-21(25-20(18)15-26)24-19-11-16-7-3-4-8-17(16)12-19/h3-4,7-8,13,19H,1-2,5-6,10-12,14-15H2,(H,23,24,25). The second-order valence-corrected chi connectivity index (χ2v) is 7.36. The summed E-state index contributed by atoms with van der Waals surface area (Å²) in [7, 11) is 0. The number of nitrogens with one attached hydrogen (secondary N) is 1. The third kappa shape index (κ3) is 3.86. The van der Waals surface area contributed by atoms with E-state index in [4.69, 9.17) is 10.2 Å². The van der Waals surface area contributed by atoms with Gasteiger partial charge < -0.3 is 5.32 Å². The summed E-state index contributed by atoms with van der Waals surface area (Å²) in [4.78, 5) is 11.8. The molecule has 2 heterocycles. The first-order valence-corrected chi connectivity index (χ1v) is 9.59. The van der Waals surface area contributed by atoms with Crippen LogP contribution in [0.4, 0.5) is 5.95 Å². The number of hydrogen-bond donors (Lipinski definition) is 1. The van der Waals surface area contributed by atoms with E-state index in [1.165, 1.54) is 16.7 Å². The van der Waals surface area contributed by atoms with E-state index in [1.807, 2.05) is 6.20 Å². The maximum Gasteiger partial charge on any atom is 0.223 e. The molecule has 26 heavy (non-hydrogen) atoms. The summed E-state index contributed by atoms with van der Waals surface area (Å²) in [5, 5.41) is 12.1. The van der Waals surface area contributed by atoms with Crippen LogP contribution in [-0.2, 0) is 25.9 Å². The summed E-state index contributed by atoms with van der Waals surface area (Å²) in [5.74, 6) is 0.762. The molecular formula is C21H25N5. The van der Waals surface area contributed by atoms with Crippen LogP contribution >= 0.6 is 0 Å². The van der Waals surface area contributed by atoms with E-state index in [0.717, 1.165) is 63.4 Å². The molecule has 2 aliphatic rings. The number of hydrogen-bond acceptors (Lipinski definition) is 5. The van der Waals surface area contributed by atoms with Crippen LogP contribution < -0.4 is 5.32 Å². The summed E-state index contributed by atoms with van der Waals surface area (Å²) in [6.45, 7) is 2.93. The highest BCUT2D eigenvalue weighted by Gasteiger charge is 2.24. The average molecular weight is 347 g/mol. The van der Waals surface area contributed by atoms with Crippen LogP contribution in [0, 0.1) is 11.3 Å². The van der Waals surface area contributed by atoms with Gasteiger partial charge in [-0.15, -0.1) is 0 Å². The predicted octanol–water partition coefficient (Wildman–Crippen LogP) is 3.46. The highest BCUT2D eigenvalue weighted by molar-refractivity contribution is 5.39. The van der Waals surface area contributed by atoms with Crippen molar-refractivity contribution in [3.05, 3.63) is 52.8 Å². The highest BCUT2D eigenvalue weighted by atomic mass is 15.2. The molecule has 0 radical (unpaired) electrons. The Bertz CT molecular complexity index is 785. The maximum atomic E-state index is 8.59. The molecule has 1 aromatic carbocycles. The molecule has 134 valence electrons. The summed E-state index contributed by atoms with van der Waals surface area (Å²) < 4.78 is 0. The van der Waals surface area contributed by atoms with Gasteiger partial charge in [-0.2, -0.15) is 5.26 Å². The predicted molar refractivity (Wildman–Crippen MR) is 101 cm³/mol. The molecule has 0 saturated carbocycles.